The van der Waals surface area contributed by atoms with Gasteiger partial charge in [0.05, 0.1) is 19.7 Å². The minimum Gasteiger partial charge on any atom is -0.475 e. The van der Waals surface area contributed by atoms with Crippen LogP contribution in [-0.2, 0) is 9.53 Å². The van der Waals surface area contributed by atoms with Crippen molar-refractivity contribution >= 4 is 5.91 Å². The normalized spacial score (nSPS) is 22.6. The molecule has 0 unspecified atom stereocenters. The molecule has 2 fully saturated rings. The molecule has 2 saturated heterocycles. The van der Waals surface area contributed by atoms with Crippen LogP contribution < -0.4 is 4.74 Å². The van der Waals surface area contributed by atoms with Crippen molar-refractivity contribution in [3.63, 3.8) is 0 Å². The van der Waals surface area contributed by atoms with E-state index >= 15 is 0 Å². The summed E-state index contributed by atoms with van der Waals surface area (Å²) in [5.74, 6) is -0.0785. The summed E-state index contributed by atoms with van der Waals surface area (Å²) >= 11 is 0. The van der Waals surface area contributed by atoms with E-state index in [9.17, 15) is 9.18 Å². The molecule has 3 rings (SSSR count). The lowest BCUT2D eigenvalue weighted by Gasteiger charge is -2.50. The Morgan fingerprint density at radius 1 is 1.59 bits per heavy atom. The van der Waals surface area contributed by atoms with E-state index in [2.05, 4.69) is 4.98 Å². The van der Waals surface area contributed by atoms with E-state index in [0.717, 1.165) is 12.8 Å². The Hall–Kier alpha value is -1.69. The maximum absolute atomic E-state index is 13.5. The summed E-state index contributed by atoms with van der Waals surface area (Å²) in [6.07, 6.45) is 3.81. The van der Waals surface area contributed by atoms with Crippen LogP contribution in [0.4, 0.5) is 4.39 Å². The standard InChI is InChI=1S/C16H21FN2O3/c1-2-4-14(20)19-10-16(11-19)12(6-8-22-16)9-21-15-13(17)5-3-7-18-15/h3,5,7,12H,2,4,6,8-11H2,1H3/t12-/m1/s1. The van der Waals surface area contributed by atoms with Gasteiger partial charge < -0.3 is 14.4 Å². The number of hydrogen-bond acceptors (Lipinski definition) is 4. The van der Waals surface area contributed by atoms with Gasteiger partial charge in [-0.25, -0.2) is 9.37 Å². The van der Waals surface area contributed by atoms with Gasteiger partial charge >= 0.3 is 0 Å². The van der Waals surface area contributed by atoms with Crippen LogP contribution in [0.25, 0.3) is 0 Å². The number of pyridine rings is 1. The molecule has 3 heterocycles. The van der Waals surface area contributed by atoms with Gasteiger partial charge in [-0.3, -0.25) is 4.79 Å². The molecule has 0 N–H and O–H groups in total. The molecule has 2 aliphatic heterocycles. The summed E-state index contributed by atoms with van der Waals surface area (Å²) in [6, 6.07) is 2.86. The Bertz CT molecular complexity index is 546. The molecule has 0 aromatic carbocycles. The number of carbonyl (C=O) groups excluding carboxylic acids is 1. The predicted molar refractivity (Wildman–Crippen MR) is 78.0 cm³/mol. The molecule has 0 radical (unpaired) electrons. The smallest absolute Gasteiger partial charge is 0.250 e. The second-order valence-corrected chi connectivity index (χ2v) is 6.00. The summed E-state index contributed by atoms with van der Waals surface area (Å²) in [6.45, 7) is 4.25. The highest BCUT2D eigenvalue weighted by Crippen LogP contribution is 2.40. The van der Waals surface area contributed by atoms with Crippen molar-refractivity contribution in [3.05, 3.63) is 24.1 Å². The maximum atomic E-state index is 13.5. The number of amides is 1. The van der Waals surface area contributed by atoms with Crippen LogP contribution in [0, 0.1) is 11.7 Å². The van der Waals surface area contributed by atoms with Gasteiger partial charge in [0.2, 0.25) is 11.8 Å². The molecule has 0 bridgehead atoms. The van der Waals surface area contributed by atoms with Crippen molar-refractivity contribution < 1.29 is 18.7 Å². The van der Waals surface area contributed by atoms with Gasteiger partial charge in [-0.2, -0.15) is 0 Å². The van der Waals surface area contributed by atoms with Crippen molar-refractivity contribution in [2.45, 2.75) is 31.8 Å². The van der Waals surface area contributed by atoms with E-state index < -0.39 is 5.82 Å². The van der Waals surface area contributed by atoms with E-state index in [1.807, 2.05) is 11.8 Å². The van der Waals surface area contributed by atoms with Gasteiger partial charge in [0.25, 0.3) is 0 Å². The largest absolute Gasteiger partial charge is 0.475 e. The lowest BCUT2D eigenvalue weighted by molar-refractivity contribution is -0.167. The number of aromatic nitrogens is 1. The monoisotopic (exact) mass is 308 g/mol. The Labute approximate surface area is 129 Å². The minimum atomic E-state index is -0.455. The molecule has 1 aromatic heterocycles. The summed E-state index contributed by atoms with van der Waals surface area (Å²) in [5.41, 5.74) is -0.311. The second kappa shape index (κ2) is 6.20. The zero-order valence-corrected chi connectivity index (χ0v) is 12.8. The minimum absolute atomic E-state index is 0.0304. The first kappa shape index (κ1) is 15.2. The third kappa shape index (κ3) is 2.79. The number of halogens is 1. The van der Waals surface area contributed by atoms with Crippen LogP contribution in [0.2, 0.25) is 0 Å². The molecule has 5 nitrogen and oxygen atoms in total. The zero-order chi connectivity index (χ0) is 15.6. The fraction of sp³-hybridized carbons (Fsp3) is 0.625. The SMILES string of the molecule is CCCC(=O)N1CC2(C1)OCC[C@@H]2COc1ncccc1F. The third-order valence-corrected chi connectivity index (χ3v) is 4.48. The summed E-state index contributed by atoms with van der Waals surface area (Å²) in [7, 11) is 0. The van der Waals surface area contributed by atoms with Gasteiger partial charge in [-0.05, 0) is 25.0 Å². The second-order valence-electron chi connectivity index (χ2n) is 6.00. The van der Waals surface area contributed by atoms with Crippen LogP contribution in [0.15, 0.2) is 18.3 Å². The van der Waals surface area contributed by atoms with E-state index in [4.69, 9.17) is 9.47 Å². The number of rotatable bonds is 5. The summed E-state index contributed by atoms with van der Waals surface area (Å²) in [5, 5.41) is 0. The van der Waals surface area contributed by atoms with Crippen molar-refractivity contribution in [3.8, 4) is 5.88 Å². The van der Waals surface area contributed by atoms with Gasteiger partial charge in [0.15, 0.2) is 5.82 Å². The van der Waals surface area contributed by atoms with Crippen molar-refractivity contribution in [1.29, 1.82) is 0 Å². The highest BCUT2D eigenvalue weighted by molar-refractivity contribution is 5.77. The quantitative estimate of drug-likeness (QED) is 0.835. The Kier molecular flexibility index (Phi) is 4.29. The Morgan fingerprint density at radius 3 is 3.14 bits per heavy atom. The Morgan fingerprint density at radius 2 is 2.41 bits per heavy atom. The number of likely N-dealkylation sites (tertiary alicyclic amines) is 1. The van der Waals surface area contributed by atoms with Crippen molar-refractivity contribution in [1.82, 2.24) is 9.88 Å². The maximum Gasteiger partial charge on any atom is 0.250 e. The third-order valence-electron chi connectivity index (χ3n) is 4.48. The first-order valence-electron chi connectivity index (χ1n) is 7.79. The number of ether oxygens (including phenoxy) is 2. The number of hydrogen-bond donors (Lipinski definition) is 0. The zero-order valence-electron chi connectivity index (χ0n) is 12.8. The van der Waals surface area contributed by atoms with Gasteiger partial charge in [0, 0.05) is 25.1 Å². The molecule has 6 heteroatoms. The van der Waals surface area contributed by atoms with Crippen LogP contribution in [0.5, 0.6) is 5.88 Å². The van der Waals surface area contributed by atoms with Gasteiger partial charge in [-0.15, -0.1) is 0 Å². The van der Waals surface area contributed by atoms with E-state index in [0.29, 0.717) is 32.7 Å². The van der Waals surface area contributed by atoms with E-state index in [1.165, 1.54) is 18.3 Å². The van der Waals surface area contributed by atoms with Crippen LogP contribution in [0.3, 0.4) is 0 Å². The average molecular weight is 308 g/mol. The fourth-order valence-corrected chi connectivity index (χ4v) is 3.18. The predicted octanol–water partition coefficient (Wildman–Crippen LogP) is 2.02. The highest BCUT2D eigenvalue weighted by atomic mass is 19.1. The van der Waals surface area contributed by atoms with Crippen molar-refractivity contribution in [2.75, 3.05) is 26.3 Å². The summed E-state index contributed by atoms with van der Waals surface area (Å²) in [4.78, 5) is 17.6. The molecule has 120 valence electrons. The molecule has 2 aliphatic rings. The molecule has 1 spiro atoms. The molecule has 1 atom stereocenters. The number of carbonyl (C=O) groups is 1. The summed E-state index contributed by atoms with van der Waals surface area (Å²) < 4.78 is 24.9. The molecule has 1 amide bonds. The average Bonchev–Trinajstić information content (AvgIpc) is 2.89. The Balaban J connectivity index is 1.56. The molecule has 1 aromatic rings. The van der Waals surface area contributed by atoms with Crippen LogP contribution in [0.1, 0.15) is 26.2 Å². The molecule has 22 heavy (non-hydrogen) atoms. The molecule has 0 saturated carbocycles. The fourth-order valence-electron chi connectivity index (χ4n) is 3.18. The molecule has 0 aliphatic carbocycles. The van der Waals surface area contributed by atoms with Crippen LogP contribution >= 0.6 is 0 Å². The molecular weight excluding hydrogens is 287 g/mol. The molecular formula is C16H21FN2O3. The van der Waals surface area contributed by atoms with E-state index in [1.54, 1.807) is 0 Å². The van der Waals surface area contributed by atoms with E-state index in [-0.39, 0.29) is 23.3 Å². The topological polar surface area (TPSA) is 51.7 Å². The van der Waals surface area contributed by atoms with Gasteiger partial charge in [-0.1, -0.05) is 6.92 Å². The highest BCUT2D eigenvalue weighted by Gasteiger charge is 2.54. The lowest BCUT2D eigenvalue weighted by atomic mass is 9.81. The first-order chi connectivity index (χ1) is 10.6. The van der Waals surface area contributed by atoms with Gasteiger partial charge in [0.1, 0.15) is 5.60 Å². The van der Waals surface area contributed by atoms with Crippen molar-refractivity contribution in [2.24, 2.45) is 5.92 Å². The first-order valence-corrected chi connectivity index (χ1v) is 7.79. The van der Waals surface area contributed by atoms with Crippen LogP contribution in [-0.4, -0.2) is 47.7 Å². The number of nitrogens with zero attached hydrogens (tertiary/aromatic N) is 2. The lowest BCUT2D eigenvalue weighted by Crippen LogP contribution is -2.66.